The van der Waals surface area contributed by atoms with E-state index in [-0.39, 0.29) is 18.4 Å². The first-order valence-corrected chi connectivity index (χ1v) is 5.61. The fourth-order valence-electron chi connectivity index (χ4n) is 1.67. The molecule has 0 spiro atoms. The van der Waals surface area contributed by atoms with Gasteiger partial charge in [0.25, 0.3) is 0 Å². The molecule has 0 fully saturated rings. The lowest BCUT2D eigenvalue weighted by atomic mass is 9.81. The van der Waals surface area contributed by atoms with Crippen LogP contribution in [0, 0.1) is 5.41 Å². The van der Waals surface area contributed by atoms with E-state index in [1.54, 1.807) is 0 Å². The summed E-state index contributed by atoms with van der Waals surface area (Å²) in [6, 6.07) is 5.22. The van der Waals surface area contributed by atoms with E-state index in [9.17, 15) is 10.2 Å². The highest BCUT2D eigenvalue weighted by molar-refractivity contribution is 5.42. The standard InChI is InChI=1S/C13H21NO2/c1-4-9-6-5-7-10(11(9)16)12(14)13(2,3)8-15/h5-7,12,15-16H,4,8,14H2,1-3H3/t12-/m0/s1. The number of hydrogen-bond acceptors (Lipinski definition) is 3. The molecule has 3 heteroatoms. The lowest BCUT2D eigenvalue weighted by Crippen LogP contribution is -2.32. The van der Waals surface area contributed by atoms with Crippen LogP contribution in [0.2, 0.25) is 0 Å². The second-order valence-corrected chi connectivity index (χ2v) is 4.83. The number of phenolic OH excluding ortho intramolecular Hbond substituents is 1. The van der Waals surface area contributed by atoms with Crippen molar-refractivity contribution < 1.29 is 10.2 Å². The maximum absolute atomic E-state index is 10.1. The molecule has 0 aliphatic heterocycles. The third-order valence-electron chi connectivity index (χ3n) is 3.12. The third kappa shape index (κ3) is 2.36. The summed E-state index contributed by atoms with van der Waals surface area (Å²) in [5, 5.41) is 19.3. The van der Waals surface area contributed by atoms with Crippen molar-refractivity contribution in [2.24, 2.45) is 11.1 Å². The van der Waals surface area contributed by atoms with Gasteiger partial charge in [0.15, 0.2) is 0 Å². The molecule has 0 aliphatic carbocycles. The number of aryl methyl sites for hydroxylation is 1. The normalized spacial score (nSPS) is 13.8. The van der Waals surface area contributed by atoms with E-state index in [0.29, 0.717) is 5.56 Å². The Labute approximate surface area is 96.9 Å². The largest absolute Gasteiger partial charge is 0.507 e. The number of aliphatic hydroxyl groups excluding tert-OH is 1. The van der Waals surface area contributed by atoms with Gasteiger partial charge in [0.05, 0.1) is 0 Å². The first-order valence-electron chi connectivity index (χ1n) is 5.61. The minimum Gasteiger partial charge on any atom is -0.507 e. The first-order chi connectivity index (χ1) is 7.44. The van der Waals surface area contributed by atoms with E-state index in [0.717, 1.165) is 12.0 Å². The molecule has 90 valence electrons. The molecule has 1 rings (SSSR count). The Kier molecular flexibility index (Phi) is 3.94. The zero-order chi connectivity index (χ0) is 12.3. The highest BCUT2D eigenvalue weighted by atomic mass is 16.3. The molecule has 4 N–H and O–H groups in total. The molecule has 1 aromatic carbocycles. The summed E-state index contributed by atoms with van der Waals surface area (Å²) in [7, 11) is 0. The maximum Gasteiger partial charge on any atom is 0.123 e. The summed E-state index contributed by atoms with van der Waals surface area (Å²) in [5.41, 5.74) is 7.24. The minimum absolute atomic E-state index is 0.00996. The summed E-state index contributed by atoms with van der Waals surface area (Å²) in [5.74, 6) is 0.263. The van der Waals surface area contributed by atoms with Crippen LogP contribution in [0.1, 0.15) is 37.9 Å². The van der Waals surface area contributed by atoms with Gasteiger partial charge in [0.1, 0.15) is 5.75 Å². The summed E-state index contributed by atoms with van der Waals surface area (Å²) < 4.78 is 0. The van der Waals surface area contributed by atoms with Gasteiger partial charge in [-0.25, -0.2) is 0 Å². The van der Waals surface area contributed by atoms with Crippen LogP contribution in [-0.2, 0) is 6.42 Å². The Morgan fingerprint density at radius 1 is 1.38 bits per heavy atom. The van der Waals surface area contributed by atoms with Crippen molar-refractivity contribution in [2.75, 3.05) is 6.61 Å². The van der Waals surface area contributed by atoms with Gasteiger partial charge >= 0.3 is 0 Å². The van der Waals surface area contributed by atoms with E-state index in [1.807, 2.05) is 39.0 Å². The van der Waals surface area contributed by atoms with E-state index in [1.165, 1.54) is 0 Å². The Hall–Kier alpha value is -1.06. The van der Waals surface area contributed by atoms with Crippen molar-refractivity contribution in [3.8, 4) is 5.75 Å². The zero-order valence-corrected chi connectivity index (χ0v) is 10.2. The van der Waals surface area contributed by atoms with Gasteiger partial charge in [-0.1, -0.05) is 39.0 Å². The van der Waals surface area contributed by atoms with Gasteiger partial charge in [-0.2, -0.15) is 0 Å². The van der Waals surface area contributed by atoms with Crippen molar-refractivity contribution in [3.05, 3.63) is 29.3 Å². The topological polar surface area (TPSA) is 66.5 Å². The van der Waals surface area contributed by atoms with Crippen LogP contribution >= 0.6 is 0 Å². The Bertz CT molecular complexity index is 361. The second-order valence-electron chi connectivity index (χ2n) is 4.83. The lowest BCUT2D eigenvalue weighted by Gasteiger charge is -2.30. The molecule has 3 nitrogen and oxygen atoms in total. The molecule has 0 amide bonds. The van der Waals surface area contributed by atoms with Crippen LogP contribution < -0.4 is 5.73 Å². The zero-order valence-electron chi connectivity index (χ0n) is 10.2. The molecule has 1 atom stereocenters. The summed E-state index contributed by atoms with van der Waals surface area (Å²) >= 11 is 0. The SMILES string of the molecule is CCc1cccc([C@H](N)C(C)(C)CO)c1O. The fraction of sp³-hybridized carbons (Fsp3) is 0.538. The van der Waals surface area contributed by atoms with Crippen molar-refractivity contribution in [3.63, 3.8) is 0 Å². The van der Waals surface area contributed by atoms with Crippen LogP contribution in [0.4, 0.5) is 0 Å². The van der Waals surface area contributed by atoms with Crippen molar-refractivity contribution in [1.82, 2.24) is 0 Å². The molecule has 0 aromatic heterocycles. The summed E-state index contributed by atoms with van der Waals surface area (Å²) in [6.45, 7) is 5.75. The number of aliphatic hydroxyl groups is 1. The van der Waals surface area contributed by atoms with Gasteiger partial charge in [-0.15, -0.1) is 0 Å². The number of nitrogens with two attached hydrogens (primary N) is 1. The molecule has 1 aromatic rings. The molecule has 0 saturated carbocycles. The number of aromatic hydroxyl groups is 1. The summed E-state index contributed by atoms with van der Waals surface area (Å²) in [6.07, 6.45) is 0.770. The number of hydrogen-bond donors (Lipinski definition) is 3. The van der Waals surface area contributed by atoms with Crippen molar-refractivity contribution >= 4 is 0 Å². The van der Waals surface area contributed by atoms with Gasteiger partial charge in [-0.05, 0) is 12.0 Å². The highest BCUT2D eigenvalue weighted by Gasteiger charge is 2.29. The predicted molar refractivity (Wildman–Crippen MR) is 65.3 cm³/mol. The molecule has 0 saturated heterocycles. The minimum atomic E-state index is -0.441. The van der Waals surface area contributed by atoms with Gasteiger partial charge in [0, 0.05) is 23.6 Å². The second kappa shape index (κ2) is 4.85. The first kappa shape index (κ1) is 13.0. The van der Waals surface area contributed by atoms with Gasteiger partial charge in [-0.3, -0.25) is 0 Å². The molecule has 0 bridgehead atoms. The van der Waals surface area contributed by atoms with Crippen LogP contribution in [0.3, 0.4) is 0 Å². The number of rotatable bonds is 4. The van der Waals surface area contributed by atoms with Crippen LogP contribution in [0.5, 0.6) is 5.75 Å². The average molecular weight is 223 g/mol. The lowest BCUT2D eigenvalue weighted by molar-refractivity contribution is 0.131. The molecule has 0 radical (unpaired) electrons. The van der Waals surface area contributed by atoms with E-state index in [2.05, 4.69) is 0 Å². The molecule has 0 heterocycles. The molecule has 0 aliphatic rings. The predicted octanol–water partition coefficient (Wildman–Crippen LogP) is 1.97. The van der Waals surface area contributed by atoms with Crippen molar-refractivity contribution in [1.29, 1.82) is 0 Å². The van der Waals surface area contributed by atoms with Gasteiger partial charge in [0.2, 0.25) is 0 Å². The van der Waals surface area contributed by atoms with E-state index >= 15 is 0 Å². The summed E-state index contributed by atoms with van der Waals surface area (Å²) in [4.78, 5) is 0. The smallest absolute Gasteiger partial charge is 0.123 e. The quantitative estimate of drug-likeness (QED) is 0.731. The Morgan fingerprint density at radius 3 is 2.50 bits per heavy atom. The van der Waals surface area contributed by atoms with Crippen molar-refractivity contribution in [2.45, 2.75) is 33.2 Å². The van der Waals surface area contributed by atoms with Crippen LogP contribution in [-0.4, -0.2) is 16.8 Å². The maximum atomic E-state index is 10.1. The average Bonchev–Trinajstić information content (AvgIpc) is 2.28. The monoisotopic (exact) mass is 223 g/mol. The van der Waals surface area contributed by atoms with E-state index < -0.39 is 5.41 Å². The van der Waals surface area contributed by atoms with Crippen LogP contribution in [0.25, 0.3) is 0 Å². The molecular formula is C13H21NO2. The number of benzene rings is 1. The van der Waals surface area contributed by atoms with E-state index in [4.69, 9.17) is 5.73 Å². The fourth-order valence-corrected chi connectivity index (χ4v) is 1.67. The third-order valence-corrected chi connectivity index (χ3v) is 3.12. The Morgan fingerprint density at radius 2 is 2.00 bits per heavy atom. The Balaban J connectivity index is 3.14. The molecule has 16 heavy (non-hydrogen) atoms. The number of phenols is 1. The molecule has 0 unspecified atom stereocenters. The molecular weight excluding hydrogens is 202 g/mol. The van der Waals surface area contributed by atoms with Gasteiger partial charge < -0.3 is 15.9 Å². The number of para-hydroxylation sites is 1. The van der Waals surface area contributed by atoms with Crippen LogP contribution in [0.15, 0.2) is 18.2 Å². The highest BCUT2D eigenvalue weighted by Crippen LogP contribution is 2.36.